The van der Waals surface area contributed by atoms with Gasteiger partial charge in [0.2, 0.25) is 0 Å². The van der Waals surface area contributed by atoms with E-state index in [0.29, 0.717) is 12.4 Å². The van der Waals surface area contributed by atoms with E-state index in [1.165, 1.54) is 0 Å². The molecule has 3 N–H and O–H groups in total. The number of carbonyl (C=O) groups is 1. The molecule has 5 nitrogen and oxygen atoms in total. The number of pyridine rings is 1. The molecule has 0 spiro atoms. The van der Waals surface area contributed by atoms with Crippen molar-refractivity contribution >= 4 is 11.7 Å². The Morgan fingerprint density at radius 1 is 1.60 bits per heavy atom. The number of anilines is 1. The van der Waals surface area contributed by atoms with Gasteiger partial charge in [-0.1, -0.05) is 6.07 Å². The van der Waals surface area contributed by atoms with Crippen LogP contribution in [0, 0.1) is 0 Å². The SMILES string of the molecule is NC(=O)c1cccc(NC2CCOC2)n1. The van der Waals surface area contributed by atoms with Crippen molar-refractivity contribution in [2.24, 2.45) is 5.73 Å². The van der Waals surface area contributed by atoms with Crippen molar-refractivity contribution in [3.05, 3.63) is 23.9 Å². The molecular weight excluding hydrogens is 194 g/mol. The molecule has 0 aliphatic carbocycles. The Morgan fingerprint density at radius 2 is 2.47 bits per heavy atom. The standard InChI is InChI=1S/C10H13N3O2/c11-10(14)8-2-1-3-9(13-8)12-7-4-5-15-6-7/h1-3,7H,4-6H2,(H2,11,14)(H,12,13). The van der Waals surface area contributed by atoms with Gasteiger partial charge in [0.1, 0.15) is 11.5 Å². The van der Waals surface area contributed by atoms with Gasteiger partial charge < -0.3 is 15.8 Å². The summed E-state index contributed by atoms with van der Waals surface area (Å²) in [5.41, 5.74) is 5.41. The van der Waals surface area contributed by atoms with Crippen molar-refractivity contribution in [2.45, 2.75) is 12.5 Å². The fraction of sp³-hybridized carbons (Fsp3) is 0.400. The number of primary amides is 1. The molecule has 2 heterocycles. The minimum Gasteiger partial charge on any atom is -0.379 e. The summed E-state index contributed by atoms with van der Waals surface area (Å²) in [5.74, 6) is 0.156. The van der Waals surface area contributed by atoms with E-state index in [-0.39, 0.29) is 11.7 Å². The van der Waals surface area contributed by atoms with Gasteiger partial charge in [-0.25, -0.2) is 4.98 Å². The van der Waals surface area contributed by atoms with Crippen LogP contribution in [0.3, 0.4) is 0 Å². The minimum absolute atomic E-state index is 0.277. The van der Waals surface area contributed by atoms with Crippen LogP contribution in [0.25, 0.3) is 0 Å². The van der Waals surface area contributed by atoms with Crippen LogP contribution in [0.1, 0.15) is 16.9 Å². The van der Waals surface area contributed by atoms with Gasteiger partial charge in [0.05, 0.1) is 12.6 Å². The summed E-state index contributed by atoms with van der Waals surface area (Å²) >= 11 is 0. The number of aromatic nitrogens is 1. The van der Waals surface area contributed by atoms with Gasteiger partial charge in [-0.05, 0) is 18.6 Å². The van der Waals surface area contributed by atoms with Gasteiger partial charge in [0.15, 0.2) is 0 Å². The Bertz CT molecular complexity index is 361. The monoisotopic (exact) mass is 207 g/mol. The van der Waals surface area contributed by atoms with E-state index in [0.717, 1.165) is 13.0 Å². The fourth-order valence-electron chi connectivity index (χ4n) is 1.51. The zero-order chi connectivity index (χ0) is 10.7. The predicted octanol–water partition coefficient (Wildman–Crippen LogP) is 0.381. The maximum atomic E-state index is 10.9. The van der Waals surface area contributed by atoms with Crippen LogP contribution >= 0.6 is 0 Å². The third kappa shape index (κ3) is 2.44. The van der Waals surface area contributed by atoms with E-state index in [9.17, 15) is 4.79 Å². The van der Waals surface area contributed by atoms with E-state index in [1.807, 2.05) is 6.07 Å². The first kappa shape index (κ1) is 9.92. The molecule has 1 fully saturated rings. The number of ether oxygens (including phenoxy) is 1. The third-order valence-corrected chi connectivity index (χ3v) is 2.28. The van der Waals surface area contributed by atoms with E-state index in [1.54, 1.807) is 12.1 Å². The average molecular weight is 207 g/mol. The van der Waals surface area contributed by atoms with Crippen molar-refractivity contribution < 1.29 is 9.53 Å². The largest absolute Gasteiger partial charge is 0.379 e. The number of nitrogens with zero attached hydrogens (tertiary/aromatic N) is 1. The molecule has 1 saturated heterocycles. The molecule has 0 saturated carbocycles. The average Bonchev–Trinajstić information content (AvgIpc) is 2.71. The molecule has 1 aromatic heterocycles. The van der Waals surface area contributed by atoms with E-state index >= 15 is 0 Å². The summed E-state index contributed by atoms with van der Waals surface area (Å²) in [6.45, 7) is 1.45. The first-order valence-electron chi connectivity index (χ1n) is 4.87. The number of hydrogen-bond acceptors (Lipinski definition) is 4. The Morgan fingerprint density at radius 3 is 3.13 bits per heavy atom. The van der Waals surface area contributed by atoms with Crippen LogP contribution < -0.4 is 11.1 Å². The van der Waals surface area contributed by atoms with Gasteiger partial charge >= 0.3 is 0 Å². The van der Waals surface area contributed by atoms with E-state index in [4.69, 9.17) is 10.5 Å². The zero-order valence-electron chi connectivity index (χ0n) is 8.27. The topological polar surface area (TPSA) is 77.2 Å². The van der Waals surface area contributed by atoms with Crippen molar-refractivity contribution in [2.75, 3.05) is 18.5 Å². The lowest BCUT2D eigenvalue weighted by atomic mass is 10.2. The predicted molar refractivity (Wildman–Crippen MR) is 55.6 cm³/mol. The number of nitrogens with one attached hydrogen (secondary N) is 1. The molecule has 1 amide bonds. The van der Waals surface area contributed by atoms with Crippen molar-refractivity contribution in [3.8, 4) is 0 Å². The molecule has 80 valence electrons. The highest BCUT2D eigenvalue weighted by atomic mass is 16.5. The van der Waals surface area contributed by atoms with Crippen LogP contribution in [-0.2, 0) is 4.74 Å². The van der Waals surface area contributed by atoms with Crippen LogP contribution in [-0.4, -0.2) is 30.1 Å². The second kappa shape index (κ2) is 4.27. The molecule has 5 heteroatoms. The van der Waals surface area contributed by atoms with Gasteiger partial charge in [-0.3, -0.25) is 4.79 Å². The quantitative estimate of drug-likeness (QED) is 0.751. The van der Waals surface area contributed by atoms with E-state index in [2.05, 4.69) is 10.3 Å². The van der Waals surface area contributed by atoms with Crippen molar-refractivity contribution in [1.29, 1.82) is 0 Å². The van der Waals surface area contributed by atoms with Crippen molar-refractivity contribution in [3.63, 3.8) is 0 Å². The molecule has 0 bridgehead atoms. The fourth-order valence-corrected chi connectivity index (χ4v) is 1.51. The Hall–Kier alpha value is -1.62. The highest BCUT2D eigenvalue weighted by Gasteiger charge is 2.15. The van der Waals surface area contributed by atoms with Crippen molar-refractivity contribution in [1.82, 2.24) is 4.98 Å². The Labute approximate surface area is 87.6 Å². The summed E-state index contributed by atoms with van der Waals surface area (Å²) in [6.07, 6.45) is 0.961. The lowest BCUT2D eigenvalue weighted by Crippen LogP contribution is -2.21. The number of nitrogens with two attached hydrogens (primary N) is 1. The number of hydrogen-bond donors (Lipinski definition) is 2. The molecule has 1 aliphatic rings. The lowest BCUT2D eigenvalue weighted by molar-refractivity contribution is 0.0995. The minimum atomic E-state index is -0.513. The number of amides is 1. The number of rotatable bonds is 3. The second-order valence-corrected chi connectivity index (χ2v) is 3.48. The van der Waals surface area contributed by atoms with Crippen LogP contribution in [0.5, 0.6) is 0 Å². The van der Waals surface area contributed by atoms with Crippen LogP contribution in [0.15, 0.2) is 18.2 Å². The van der Waals surface area contributed by atoms with Gasteiger partial charge in [-0.2, -0.15) is 0 Å². The lowest BCUT2D eigenvalue weighted by Gasteiger charge is -2.11. The molecule has 1 atom stereocenters. The first-order chi connectivity index (χ1) is 7.25. The highest BCUT2D eigenvalue weighted by Crippen LogP contribution is 2.11. The summed E-state index contributed by atoms with van der Waals surface area (Å²) in [6, 6.07) is 5.44. The van der Waals surface area contributed by atoms with E-state index < -0.39 is 5.91 Å². The van der Waals surface area contributed by atoms with Gasteiger partial charge in [0, 0.05) is 6.61 Å². The summed E-state index contributed by atoms with van der Waals surface area (Å²) in [4.78, 5) is 15.0. The molecule has 0 radical (unpaired) electrons. The third-order valence-electron chi connectivity index (χ3n) is 2.28. The molecule has 0 aromatic carbocycles. The normalized spacial score (nSPS) is 20.1. The maximum Gasteiger partial charge on any atom is 0.267 e. The maximum absolute atomic E-state index is 10.9. The summed E-state index contributed by atoms with van der Waals surface area (Å²) in [5, 5.41) is 3.19. The first-order valence-corrected chi connectivity index (χ1v) is 4.87. The molecule has 1 unspecified atom stereocenters. The van der Waals surface area contributed by atoms with Gasteiger partial charge in [-0.15, -0.1) is 0 Å². The van der Waals surface area contributed by atoms with Crippen LogP contribution in [0.4, 0.5) is 5.82 Å². The highest BCUT2D eigenvalue weighted by molar-refractivity contribution is 5.91. The molecular formula is C10H13N3O2. The smallest absolute Gasteiger partial charge is 0.267 e. The number of carbonyl (C=O) groups excluding carboxylic acids is 1. The molecule has 15 heavy (non-hydrogen) atoms. The van der Waals surface area contributed by atoms with Gasteiger partial charge in [0.25, 0.3) is 5.91 Å². The summed E-state index contributed by atoms with van der Waals surface area (Å²) < 4.78 is 5.23. The van der Waals surface area contributed by atoms with Crippen LogP contribution in [0.2, 0.25) is 0 Å². The Kier molecular flexibility index (Phi) is 2.82. The Balaban J connectivity index is 2.07. The molecule has 2 rings (SSSR count). The molecule has 1 aliphatic heterocycles. The summed E-state index contributed by atoms with van der Waals surface area (Å²) in [7, 11) is 0. The zero-order valence-corrected chi connectivity index (χ0v) is 8.27. The molecule has 1 aromatic rings. The second-order valence-electron chi connectivity index (χ2n) is 3.48.